The van der Waals surface area contributed by atoms with Gasteiger partial charge in [-0.2, -0.15) is 0 Å². The zero-order valence-electron chi connectivity index (χ0n) is 12.6. The van der Waals surface area contributed by atoms with Crippen LogP contribution < -0.4 is 5.32 Å². The quantitative estimate of drug-likeness (QED) is 0.796. The summed E-state index contributed by atoms with van der Waals surface area (Å²) in [5.41, 5.74) is -0.125. The molecule has 2 aliphatic carbocycles. The molecule has 1 atom stereocenters. The second-order valence-electron chi connectivity index (χ2n) is 7.05. The average Bonchev–Trinajstić information content (AvgIpc) is 3.04. The van der Waals surface area contributed by atoms with Crippen LogP contribution in [0.2, 0.25) is 0 Å². The number of hydrogen-bond acceptors (Lipinski definition) is 3. The molecule has 2 saturated carbocycles. The van der Waals surface area contributed by atoms with E-state index >= 15 is 0 Å². The number of aliphatic hydroxyl groups is 1. The Balaban J connectivity index is 1.55. The SMILES string of the molecule is O=C(NCC1(CO)CCCC1)C1CCCN1C(=O)C1CC1. The zero-order valence-corrected chi connectivity index (χ0v) is 12.6. The van der Waals surface area contributed by atoms with E-state index in [4.69, 9.17) is 0 Å². The van der Waals surface area contributed by atoms with Crippen LogP contribution in [0.25, 0.3) is 0 Å². The van der Waals surface area contributed by atoms with Gasteiger partial charge < -0.3 is 15.3 Å². The summed E-state index contributed by atoms with van der Waals surface area (Å²) >= 11 is 0. The summed E-state index contributed by atoms with van der Waals surface area (Å²) in [7, 11) is 0. The number of carbonyl (C=O) groups excluding carboxylic acids is 2. The Labute approximate surface area is 126 Å². The molecule has 3 fully saturated rings. The van der Waals surface area contributed by atoms with Gasteiger partial charge in [0.25, 0.3) is 0 Å². The van der Waals surface area contributed by atoms with E-state index in [0.29, 0.717) is 6.54 Å². The first-order chi connectivity index (χ1) is 10.2. The molecule has 2 N–H and O–H groups in total. The lowest BCUT2D eigenvalue weighted by molar-refractivity contribution is -0.139. The minimum Gasteiger partial charge on any atom is -0.396 e. The number of hydrogen-bond donors (Lipinski definition) is 2. The van der Waals surface area contributed by atoms with Gasteiger partial charge >= 0.3 is 0 Å². The van der Waals surface area contributed by atoms with Crippen LogP contribution in [0.4, 0.5) is 0 Å². The zero-order chi connectivity index (χ0) is 14.9. The molecule has 21 heavy (non-hydrogen) atoms. The molecular weight excluding hydrogens is 268 g/mol. The fourth-order valence-corrected chi connectivity index (χ4v) is 3.78. The summed E-state index contributed by atoms with van der Waals surface area (Å²) in [4.78, 5) is 26.4. The van der Waals surface area contributed by atoms with Gasteiger partial charge in [-0.3, -0.25) is 9.59 Å². The van der Waals surface area contributed by atoms with Crippen molar-refractivity contribution >= 4 is 11.8 Å². The third kappa shape index (κ3) is 3.07. The second-order valence-corrected chi connectivity index (χ2v) is 7.05. The summed E-state index contributed by atoms with van der Waals surface area (Å²) in [6.07, 6.45) is 7.89. The predicted molar refractivity (Wildman–Crippen MR) is 78.5 cm³/mol. The molecule has 3 rings (SSSR count). The molecule has 2 amide bonds. The van der Waals surface area contributed by atoms with E-state index in [1.807, 2.05) is 0 Å². The molecule has 118 valence electrons. The molecular formula is C16H26N2O3. The molecule has 1 unspecified atom stereocenters. The molecule has 0 bridgehead atoms. The van der Waals surface area contributed by atoms with Crippen molar-refractivity contribution < 1.29 is 14.7 Å². The van der Waals surface area contributed by atoms with Crippen LogP contribution in [0.15, 0.2) is 0 Å². The fourth-order valence-electron chi connectivity index (χ4n) is 3.78. The van der Waals surface area contributed by atoms with E-state index in [-0.39, 0.29) is 35.8 Å². The van der Waals surface area contributed by atoms with Gasteiger partial charge in [-0.05, 0) is 38.5 Å². The maximum atomic E-state index is 12.4. The van der Waals surface area contributed by atoms with Gasteiger partial charge in [-0.25, -0.2) is 0 Å². The average molecular weight is 294 g/mol. The van der Waals surface area contributed by atoms with Gasteiger partial charge in [-0.15, -0.1) is 0 Å². The maximum absolute atomic E-state index is 12.4. The van der Waals surface area contributed by atoms with E-state index < -0.39 is 0 Å². The number of rotatable bonds is 5. The number of likely N-dealkylation sites (tertiary alicyclic amines) is 1. The first-order valence-corrected chi connectivity index (χ1v) is 8.34. The van der Waals surface area contributed by atoms with Gasteiger partial charge in [0.1, 0.15) is 6.04 Å². The Morgan fingerprint density at radius 1 is 1.14 bits per heavy atom. The Hall–Kier alpha value is -1.10. The second kappa shape index (κ2) is 5.95. The topological polar surface area (TPSA) is 69.6 Å². The van der Waals surface area contributed by atoms with Crippen LogP contribution in [0, 0.1) is 11.3 Å². The molecule has 0 radical (unpaired) electrons. The standard InChI is InChI=1S/C16H26N2O3/c19-11-16(7-1-2-8-16)10-17-14(20)13-4-3-9-18(13)15(21)12-5-6-12/h12-13,19H,1-11H2,(H,17,20). The van der Waals surface area contributed by atoms with Crippen LogP contribution in [0.1, 0.15) is 51.4 Å². The van der Waals surface area contributed by atoms with Crippen molar-refractivity contribution in [3.8, 4) is 0 Å². The van der Waals surface area contributed by atoms with Crippen molar-refractivity contribution in [1.29, 1.82) is 0 Å². The first-order valence-electron chi connectivity index (χ1n) is 8.34. The molecule has 0 aromatic heterocycles. The van der Waals surface area contributed by atoms with Crippen molar-refractivity contribution in [3.63, 3.8) is 0 Å². The van der Waals surface area contributed by atoms with E-state index in [9.17, 15) is 14.7 Å². The molecule has 0 spiro atoms. The van der Waals surface area contributed by atoms with E-state index in [1.165, 1.54) is 0 Å². The molecule has 0 aromatic carbocycles. The summed E-state index contributed by atoms with van der Waals surface area (Å²) in [5, 5.41) is 12.6. The molecule has 5 heteroatoms. The van der Waals surface area contributed by atoms with E-state index in [0.717, 1.165) is 57.9 Å². The van der Waals surface area contributed by atoms with Crippen LogP contribution in [-0.2, 0) is 9.59 Å². The van der Waals surface area contributed by atoms with Gasteiger partial charge in [-0.1, -0.05) is 12.8 Å². The van der Waals surface area contributed by atoms with Crippen LogP contribution in [0.5, 0.6) is 0 Å². The third-order valence-electron chi connectivity index (χ3n) is 5.40. The van der Waals surface area contributed by atoms with Gasteiger partial charge in [0.15, 0.2) is 0 Å². The van der Waals surface area contributed by atoms with Gasteiger partial charge in [0, 0.05) is 24.4 Å². The van der Waals surface area contributed by atoms with Crippen molar-refractivity contribution in [3.05, 3.63) is 0 Å². The molecule has 1 heterocycles. The number of amides is 2. The first kappa shape index (κ1) is 14.8. The molecule has 1 saturated heterocycles. The Morgan fingerprint density at radius 3 is 2.48 bits per heavy atom. The van der Waals surface area contributed by atoms with Crippen LogP contribution in [0.3, 0.4) is 0 Å². The predicted octanol–water partition coefficient (Wildman–Crippen LogP) is 1.06. The number of nitrogens with one attached hydrogen (secondary N) is 1. The number of carbonyl (C=O) groups is 2. The largest absolute Gasteiger partial charge is 0.396 e. The summed E-state index contributed by atoms with van der Waals surface area (Å²) < 4.78 is 0. The molecule has 5 nitrogen and oxygen atoms in total. The van der Waals surface area contributed by atoms with Gasteiger partial charge in [0.05, 0.1) is 6.61 Å². The highest BCUT2D eigenvalue weighted by Crippen LogP contribution is 2.37. The molecule has 0 aromatic rings. The number of nitrogens with zero attached hydrogens (tertiary/aromatic N) is 1. The normalized spacial score (nSPS) is 27.9. The van der Waals surface area contributed by atoms with Crippen molar-refractivity contribution in [1.82, 2.24) is 10.2 Å². The summed E-state index contributed by atoms with van der Waals surface area (Å²) in [6, 6.07) is -0.282. The molecule has 1 aliphatic heterocycles. The minimum atomic E-state index is -0.282. The highest BCUT2D eigenvalue weighted by Gasteiger charge is 2.41. The van der Waals surface area contributed by atoms with Gasteiger partial charge in [0.2, 0.25) is 11.8 Å². The fraction of sp³-hybridized carbons (Fsp3) is 0.875. The van der Waals surface area contributed by atoms with Crippen molar-refractivity contribution in [2.24, 2.45) is 11.3 Å². The van der Waals surface area contributed by atoms with E-state index in [1.54, 1.807) is 4.90 Å². The monoisotopic (exact) mass is 294 g/mol. The third-order valence-corrected chi connectivity index (χ3v) is 5.40. The Bertz CT molecular complexity index is 414. The van der Waals surface area contributed by atoms with Crippen LogP contribution >= 0.6 is 0 Å². The highest BCUT2D eigenvalue weighted by molar-refractivity contribution is 5.90. The van der Waals surface area contributed by atoms with Crippen LogP contribution in [-0.4, -0.2) is 47.6 Å². The van der Waals surface area contributed by atoms with E-state index in [2.05, 4.69) is 5.32 Å². The van der Waals surface area contributed by atoms with Crippen molar-refractivity contribution in [2.75, 3.05) is 19.7 Å². The summed E-state index contributed by atoms with van der Waals surface area (Å²) in [5.74, 6) is 0.323. The Kier molecular flexibility index (Phi) is 4.20. The Morgan fingerprint density at radius 2 is 1.86 bits per heavy atom. The highest BCUT2D eigenvalue weighted by atomic mass is 16.3. The smallest absolute Gasteiger partial charge is 0.242 e. The maximum Gasteiger partial charge on any atom is 0.242 e. The molecule has 3 aliphatic rings. The lowest BCUT2D eigenvalue weighted by Crippen LogP contribution is -2.49. The lowest BCUT2D eigenvalue weighted by Gasteiger charge is -2.29. The minimum absolute atomic E-state index is 0.0266. The lowest BCUT2D eigenvalue weighted by atomic mass is 9.87. The summed E-state index contributed by atoms with van der Waals surface area (Å²) in [6.45, 7) is 1.41. The van der Waals surface area contributed by atoms with Crippen molar-refractivity contribution in [2.45, 2.75) is 57.4 Å². The number of aliphatic hydroxyl groups excluding tert-OH is 1.